The average molecular weight is 600 g/mol. The van der Waals surface area contributed by atoms with Gasteiger partial charge in [0.15, 0.2) is 12.4 Å². The number of carbonyl (C=O) groups excluding carboxylic acids is 2. The Kier molecular flexibility index (Phi) is 13.8. The zero-order chi connectivity index (χ0) is 28.3. The van der Waals surface area contributed by atoms with Crippen molar-refractivity contribution in [2.24, 2.45) is 5.10 Å². The number of carbonyl (C=O) groups is 2. The topological polar surface area (TPSA) is 137 Å². The highest BCUT2D eigenvalue weighted by Crippen LogP contribution is 2.13. The van der Waals surface area contributed by atoms with E-state index in [0.717, 1.165) is 0 Å². The predicted octanol–water partition coefficient (Wildman–Crippen LogP) is 0.257. The molecule has 0 saturated heterocycles. The molecule has 216 valence electrons. The Bertz CT molecular complexity index is 1400. The number of benzene rings is 2. The van der Waals surface area contributed by atoms with E-state index in [2.05, 4.69) is 15.8 Å². The third-order valence-corrected chi connectivity index (χ3v) is 4.80. The minimum Gasteiger partial charge on any atom is -1.00 e. The number of amides is 2. The molecule has 10 nitrogen and oxygen atoms in total. The van der Waals surface area contributed by atoms with Gasteiger partial charge in [0.1, 0.15) is 5.60 Å². The van der Waals surface area contributed by atoms with E-state index in [9.17, 15) is 14.7 Å². The van der Waals surface area contributed by atoms with E-state index in [1.165, 1.54) is 4.68 Å². The lowest BCUT2D eigenvalue weighted by Gasteiger charge is -2.19. The molecule has 0 aliphatic rings. The van der Waals surface area contributed by atoms with Crippen LogP contribution in [0.4, 0.5) is 16.2 Å². The summed E-state index contributed by atoms with van der Waals surface area (Å²) in [5.41, 5.74) is 9.88. The first-order valence-electron chi connectivity index (χ1n) is 12.0. The van der Waals surface area contributed by atoms with Crippen LogP contribution in [0.3, 0.4) is 0 Å². The van der Waals surface area contributed by atoms with Crippen molar-refractivity contribution in [1.29, 1.82) is 0 Å². The number of halogens is 2. The summed E-state index contributed by atoms with van der Waals surface area (Å²) in [4.78, 5) is 23.4. The molecule has 2 aromatic heterocycles. The van der Waals surface area contributed by atoms with E-state index in [1.54, 1.807) is 111 Å². The van der Waals surface area contributed by atoms with E-state index in [1.807, 2.05) is 24.3 Å². The predicted molar refractivity (Wildman–Crippen MR) is 153 cm³/mol. The normalized spacial score (nSPS) is 10.5. The lowest BCUT2D eigenvalue weighted by Crippen LogP contribution is -3.00. The minimum atomic E-state index is -0.564. The van der Waals surface area contributed by atoms with Crippen LogP contribution in [0.2, 0.25) is 0 Å². The van der Waals surface area contributed by atoms with Gasteiger partial charge in [-0.1, -0.05) is 33.6 Å². The molecule has 0 aliphatic heterocycles. The average Bonchev–Trinajstić information content (AvgIpc) is 2.90. The molecule has 4 N–H and O–H groups in total. The monoisotopic (exact) mass is 598 g/mol. The third kappa shape index (κ3) is 12.4. The second-order valence-corrected chi connectivity index (χ2v) is 9.21. The first-order valence-corrected chi connectivity index (χ1v) is 12.0. The SMILES string of the molecule is CC(C)(C)OC(=O)Nc1ccc(C([O-])=N[n+]2ccccc2)cc1.Cl.Nc1ccc(C(=O)N[n+]2ccccc2)cc1.[Cl-]. The highest BCUT2D eigenvalue weighted by Gasteiger charge is 2.16. The molecule has 0 saturated carbocycles. The van der Waals surface area contributed by atoms with Crippen LogP contribution in [-0.2, 0) is 4.74 Å². The summed E-state index contributed by atoms with van der Waals surface area (Å²) in [6, 6.07) is 24.2. The summed E-state index contributed by atoms with van der Waals surface area (Å²) < 4.78 is 8.20. The van der Waals surface area contributed by atoms with Gasteiger partial charge in [0.05, 0.1) is 5.90 Å². The molecule has 2 heterocycles. The number of anilines is 2. The van der Waals surface area contributed by atoms with Crippen molar-refractivity contribution in [3.63, 3.8) is 0 Å². The van der Waals surface area contributed by atoms with Crippen LogP contribution in [0.15, 0.2) is 115 Å². The van der Waals surface area contributed by atoms with E-state index in [-0.39, 0.29) is 36.6 Å². The van der Waals surface area contributed by atoms with Gasteiger partial charge in [0, 0.05) is 41.2 Å². The number of nitrogens with one attached hydrogen (secondary N) is 2. The van der Waals surface area contributed by atoms with Gasteiger partial charge in [-0.05, 0) is 67.8 Å². The summed E-state index contributed by atoms with van der Waals surface area (Å²) in [6.45, 7) is 5.37. The molecule has 0 spiro atoms. The number of pyridine rings is 2. The highest BCUT2D eigenvalue weighted by atomic mass is 35.5. The van der Waals surface area contributed by atoms with Gasteiger partial charge in [-0.3, -0.25) is 10.1 Å². The zero-order valence-corrected chi connectivity index (χ0v) is 24.3. The molecule has 0 unspecified atom stereocenters. The van der Waals surface area contributed by atoms with Gasteiger partial charge < -0.3 is 28.0 Å². The number of hydrogen-bond acceptors (Lipinski definition) is 6. The molecule has 41 heavy (non-hydrogen) atoms. The van der Waals surface area contributed by atoms with Crippen LogP contribution in [0.5, 0.6) is 0 Å². The van der Waals surface area contributed by atoms with Crippen molar-refractivity contribution in [2.45, 2.75) is 26.4 Å². The maximum absolute atomic E-state index is 12.0. The van der Waals surface area contributed by atoms with Crippen molar-refractivity contribution in [3.05, 3.63) is 121 Å². The third-order valence-electron chi connectivity index (χ3n) is 4.80. The maximum atomic E-state index is 12.0. The molecule has 4 aromatic rings. The molecular weight excluding hydrogens is 567 g/mol. The van der Waals surface area contributed by atoms with Gasteiger partial charge in [0.25, 0.3) is 0 Å². The second kappa shape index (κ2) is 16.4. The molecule has 0 bridgehead atoms. The molecule has 0 radical (unpaired) electrons. The smallest absolute Gasteiger partial charge is 0.412 e. The number of rotatable bonds is 5. The van der Waals surface area contributed by atoms with Crippen molar-refractivity contribution in [1.82, 2.24) is 0 Å². The number of nitrogen functional groups attached to an aromatic ring is 1. The van der Waals surface area contributed by atoms with Crippen molar-refractivity contribution < 1.29 is 41.2 Å². The first kappa shape index (κ1) is 34.4. The zero-order valence-electron chi connectivity index (χ0n) is 22.7. The Morgan fingerprint density at radius 1 is 0.829 bits per heavy atom. The van der Waals surface area contributed by atoms with Crippen molar-refractivity contribution >= 4 is 41.7 Å². The van der Waals surface area contributed by atoms with Crippen LogP contribution in [0.25, 0.3) is 0 Å². The van der Waals surface area contributed by atoms with Gasteiger partial charge in [-0.2, -0.15) is 0 Å². The fraction of sp³-hybridized carbons (Fsp3) is 0.138. The standard InChI is InChI=1S/C17H19N3O3.C12H11N3O.2ClH/c1-17(2,3)23-16(22)18-14-9-7-13(8-10-14)15(21)19-20-11-5-4-6-12-20;13-11-6-4-10(5-7-11)12(16)14-15-8-2-1-3-9-15;;/h4-12H,1-3H3,(H-,18,19,21,22);1-9H,(H2-,13,14,16);2*1H. The van der Waals surface area contributed by atoms with Crippen LogP contribution in [0.1, 0.15) is 36.7 Å². The van der Waals surface area contributed by atoms with E-state index in [0.29, 0.717) is 22.5 Å². The molecular formula is C29H32Cl2N6O4. The molecule has 2 amide bonds. The number of nitrogens with two attached hydrogens (primary N) is 1. The van der Waals surface area contributed by atoms with Gasteiger partial charge in [-0.25, -0.2) is 4.79 Å². The molecule has 0 fully saturated rings. The van der Waals surface area contributed by atoms with Crippen LogP contribution < -0.4 is 43.3 Å². The molecule has 2 aromatic carbocycles. The maximum Gasteiger partial charge on any atom is 0.412 e. The van der Waals surface area contributed by atoms with Gasteiger partial charge in [-0.15, -0.1) is 17.8 Å². The fourth-order valence-corrected chi connectivity index (χ4v) is 3.03. The lowest BCUT2D eigenvalue weighted by atomic mass is 10.2. The molecule has 0 aliphatic carbocycles. The van der Waals surface area contributed by atoms with Crippen LogP contribution >= 0.6 is 12.4 Å². The summed E-state index contributed by atoms with van der Waals surface area (Å²) in [6.07, 6.45) is 6.33. The van der Waals surface area contributed by atoms with Crippen LogP contribution in [-0.4, -0.2) is 23.5 Å². The largest absolute Gasteiger partial charge is 1.00 e. The molecule has 12 heteroatoms. The number of hydrogen-bond donors (Lipinski definition) is 3. The summed E-state index contributed by atoms with van der Waals surface area (Å²) in [5.74, 6) is -0.541. The second-order valence-electron chi connectivity index (χ2n) is 9.21. The van der Waals surface area contributed by atoms with Gasteiger partial charge in [0.2, 0.25) is 12.4 Å². The fourth-order valence-electron chi connectivity index (χ4n) is 3.03. The Labute approximate surface area is 251 Å². The minimum absolute atomic E-state index is 0. The highest BCUT2D eigenvalue weighted by molar-refractivity contribution is 5.99. The Morgan fingerprint density at radius 3 is 1.88 bits per heavy atom. The lowest BCUT2D eigenvalue weighted by molar-refractivity contribution is -0.681. The Balaban J connectivity index is 0.000000413. The first-order chi connectivity index (χ1) is 18.6. The molecule has 4 rings (SSSR count). The quantitative estimate of drug-likeness (QED) is 0.131. The summed E-state index contributed by atoms with van der Waals surface area (Å²) >= 11 is 0. The van der Waals surface area contributed by atoms with Gasteiger partial charge >= 0.3 is 12.0 Å². The summed E-state index contributed by atoms with van der Waals surface area (Å²) in [5, 5.41) is 18.6. The molecule has 0 atom stereocenters. The van der Waals surface area contributed by atoms with Crippen molar-refractivity contribution in [2.75, 3.05) is 16.5 Å². The number of nitrogens with zero attached hydrogens (tertiary/aromatic N) is 3. The van der Waals surface area contributed by atoms with Crippen molar-refractivity contribution in [3.8, 4) is 0 Å². The summed E-state index contributed by atoms with van der Waals surface area (Å²) in [7, 11) is 0. The van der Waals surface area contributed by atoms with E-state index >= 15 is 0 Å². The Morgan fingerprint density at radius 2 is 1.34 bits per heavy atom. The van der Waals surface area contributed by atoms with E-state index in [4.69, 9.17) is 10.5 Å². The number of aromatic nitrogens is 2. The Hall–Kier alpha value is -4.67. The van der Waals surface area contributed by atoms with E-state index < -0.39 is 11.7 Å². The number of ether oxygens (including phenoxy) is 1. The van der Waals surface area contributed by atoms with Crippen LogP contribution in [0, 0.1) is 0 Å².